The second kappa shape index (κ2) is 7.16. The van der Waals surface area contributed by atoms with Crippen molar-refractivity contribution < 1.29 is 0 Å². The number of hydrogen-bond acceptors (Lipinski definition) is 2. The number of nitrogen functional groups attached to an aromatic ring is 1. The summed E-state index contributed by atoms with van der Waals surface area (Å²) in [5, 5.41) is 0.691. The number of piperidine rings is 1. The van der Waals surface area contributed by atoms with Gasteiger partial charge in [0.05, 0.1) is 10.7 Å². The zero-order chi connectivity index (χ0) is 13.7. The van der Waals surface area contributed by atoms with Crippen LogP contribution < -0.4 is 5.73 Å². The lowest BCUT2D eigenvalue weighted by atomic mass is 9.97. The molecule has 1 heterocycles. The first kappa shape index (κ1) is 14.7. The molecule has 1 aliphatic rings. The summed E-state index contributed by atoms with van der Waals surface area (Å²) >= 11 is 6.19. The molecule has 1 saturated heterocycles. The largest absolute Gasteiger partial charge is 0.398 e. The Morgan fingerprint density at radius 1 is 1.26 bits per heavy atom. The molecular formula is C16H25ClN2. The SMILES string of the molecule is CCCCC(c1ccc(N)c(Cl)c1)N1CCCCC1. The number of hydrogen-bond donors (Lipinski definition) is 1. The van der Waals surface area contributed by atoms with Crippen molar-refractivity contribution in [3.8, 4) is 0 Å². The van der Waals surface area contributed by atoms with Crippen LogP contribution in [0.2, 0.25) is 5.02 Å². The standard InChI is InChI=1S/C16H25ClN2/c1-2-3-7-16(19-10-5-4-6-11-19)13-8-9-15(18)14(17)12-13/h8-9,12,16H,2-7,10-11,18H2,1H3. The van der Waals surface area contributed by atoms with Gasteiger partial charge in [0.15, 0.2) is 0 Å². The van der Waals surface area contributed by atoms with E-state index in [2.05, 4.69) is 24.0 Å². The van der Waals surface area contributed by atoms with E-state index in [-0.39, 0.29) is 0 Å². The van der Waals surface area contributed by atoms with Gasteiger partial charge in [0, 0.05) is 6.04 Å². The van der Waals surface area contributed by atoms with Gasteiger partial charge in [-0.1, -0.05) is 43.9 Å². The Morgan fingerprint density at radius 2 is 2.00 bits per heavy atom. The summed E-state index contributed by atoms with van der Waals surface area (Å²) in [5.41, 5.74) is 7.83. The quantitative estimate of drug-likeness (QED) is 0.796. The van der Waals surface area contributed by atoms with Crippen molar-refractivity contribution in [2.75, 3.05) is 18.8 Å². The average molecular weight is 281 g/mol. The lowest BCUT2D eigenvalue weighted by Gasteiger charge is -2.35. The molecule has 2 N–H and O–H groups in total. The van der Waals surface area contributed by atoms with E-state index in [1.54, 1.807) is 0 Å². The maximum absolute atomic E-state index is 6.19. The first-order valence-corrected chi connectivity index (χ1v) is 7.89. The molecule has 1 aliphatic heterocycles. The van der Waals surface area contributed by atoms with Crippen LogP contribution in [0.3, 0.4) is 0 Å². The van der Waals surface area contributed by atoms with Crippen LogP contribution in [-0.4, -0.2) is 18.0 Å². The summed E-state index contributed by atoms with van der Waals surface area (Å²) in [6.07, 6.45) is 7.75. The Labute approximate surface area is 121 Å². The van der Waals surface area contributed by atoms with Crippen LogP contribution >= 0.6 is 11.6 Å². The zero-order valence-corrected chi connectivity index (χ0v) is 12.6. The number of nitrogens with zero attached hydrogens (tertiary/aromatic N) is 1. The fourth-order valence-corrected chi connectivity index (χ4v) is 3.13. The Hall–Kier alpha value is -0.730. The number of halogens is 1. The summed E-state index contributed by atoms with van der Waals surface area (Å²) in [6, 6.07) is 6.67. The van der Waals surface area contributed by atoms with Gasteiger partial charge in [-0.15, -0.1) is 0 Å². The van der Waals surface area contributed by atoms with Gasteiger partial charge < -0.3 is 5.73 Å². The molecule has 0 saturated carbocycles. The van der Waals surface area contributed by atoms with E-state index in [1.165, 1.54) is 57.2 Å². The van der Waals surface area contributed by atoms with E-state index in [0.29, 0.717) is 16.8 Å². The van der Waals surface area contributed by atoms with E-state index in [4.69, 9.17) is 17.3 Å². The van der Waals surface area contributed by atoms with Gasteiger partial charge in [0.25, 0.3) is 0 Å². The van der Waals surface area contributed by atoms with Gasteiger partial charge in [-0.3, -0.25) is 4.90 Å². The Balaban J connectivity index is 2.17. The maximum atomic E-state index is 6.19. The van der Waals surface area contributed by atoms with Gasteiger partial charge in [-0.2, -0.15) is 0 Å². The van der Waals surface area contributed by atoms with Gasteiger partial charge in [-0.25, -0.2) is 0 Å². The van der Waals surface area contributed by atoms with Crippen molar-refractivity contribution in [3.63, 3.8) is 0 Å². The summed E-state index contributed by atoms with van der Waals surface area (Å²) in [7, 11) is 0. The highest BCUT2D eigenvalue weighted by Gasteiger charge is 2.22. The van der Waals surface area contributed by atoms with Crippen molar-refractivity contribution in [3.05, 3.63) is 28.8 Å². The molecular weight excluding hydrogens is 256 g/mol. The molecule has 1 aromatic carbocycles. The van der Waals surface area contributed by atoms with Crippen molar-refractivity contribution in [1.82, 2.24) is 4.90 Å². The number of rotatable bonds is 5. The Bertz CT molecular complexity index is 400. The molecule has 1 aromatic rings. The van der Waals surface area contributed by atoms with Gasteiger partial charge in [0.2, 0.25) is 0 Å². The fourth-order valence-electron chi connectivity index (χ4n) is 2.94. The molecule has 0 bridgehead atoms. The molecule has 1 fully saturated rings. The number of unbranched alkanes of at least 4 members (excludes halogenated alkanes) is 1. The highest BCUT2D eigenvalue weighted by atomic mass is 35.5. The van der Waals surface area contributed by atoms with Crippen LogP contribution in [0.5, 0.6) is 0 Å². The van der Waals surface area contributed by atoms with E-state index >= 15 is 0 Å². The number of anilines is 1. The fraction of sp³-hybridized carbons (Fsp3) is 0.625. The monoisotopic (exact) mass is 280 g/mol. The Kier molecular flexibility index (Phi) is 5.53. The van der Waals surface area contributed by atoms with Crippen LogP contribution in [0.15, 0.2) is 18.2 Å². The molecule has 0 aliphatic carbocycles. The van der Waals surface area contributed by atoms with Crippen molar-refractivity contribution in [1.29, 1.82) is 0 Å². The molecule has 106 valence electrons. The van der Waals surface area contributed by atoms with E-state index < -0.39 is 0 Å². The molecule has 0 aromatic heterocycles. The summed E-state index contributed by atoms with van der Waals surface area (Å²) in [4.78, 5) is 2.63. The minimum atomic E-state index is 0.512. The molecule has 1 unspecified atom stereocenters. The minimum absolute atomic E-state index is 0.512. The first-order valence-electron chi connectivity index (χ1n) is 7.51. The molecule has 19 heavy (non-hydrogen) atoms. The third-order valence-electron chi connectivity index (χ3n) is 4.07. The summed E-state index contributed by atoms with van der Waals surface area (Å²) in [5.74, 6) is 0. The second-order valence-electron chi connectivity index (χ2n) is 5.54. The zero-order valence-electron chi connectivity index (χ0n) is 11.9. The lowest BCUT2D eigenvalue weighted by Crippen LogP contribution is -2.33. The summed E-state index contributed by atoms with van der Waals surface area (Å²) in [6.45, 7) is 4.69. The highest BCUT2D eigenvalue weighted by molar-refractivity contribution is 6.33. The number of benzene rings is 1. The van der Waals surface area contributed by atoms with E-state index in [1.807, 2.05) is 6.07 Å². The third-order valence-corrected chi connectivity index (χ3v) is 4.40. The predicted molar refractivity (Wildman–Crippen MR) is 83.6 cm³/mol. The van der Waals surface area contributed by atoms with Crippen molar-refractivity contribution in [2.45, 2.75) is 51.5 Å². The van der Waals surface area contributed by atoms with Crippen molar-refractivity contribution in [2.24, 2.45) is 0 Å². The average Bonchev–Trinajstić information content (AvgIpc) is 2.44. The van der Waals surface area contributed by atoms with Crippen LogP contribution in [-0.2, 0) is 0 Å². The highest BCUT2D eigenvalue weighted by Crippen LogP contribution is 2.32. The first-order chi connectivity index (χ1) is 9.22. The molecule has 2 nitrogen and oxygen atoms in total. The van der Waals surface area contributed by atoms with E-state index in [9.17, 15) is 0 Å². The van der Waals surface area contributed by atoms with Crippen LogP contribution in [0, 0.1) is 0 Å². The molecule has 0 spiro atoms. The summed E-state index contributed by atoms with van der Waals surface area (Å²) < 4.78 is 0. The molecule has 0 amide bonds. The number of nitrogens with two attached hydrogens (primary N) is 1. The maximum Gasteiger partial charge on any atom is 0.0638 e. The molecule has 3 heteroatoms. The second-order valence-corrected chi connectivity index (χ2v) is 5.94. The van der Waals surface area contributed by atoms with Crippen LogP contribution in [0.4, 0.5) is 5.69 Å². The van der Waals surface area contributed by atoms with Gasteiger partial charge >= 0.3 is 0 Å². The topological polar surface area (TPSA) is 29.3 Å². The third kappa shape index (κ3) is 3.87. The number of likely N-dealkylation sites (tertiary alicyclic amines) is 1. The normalized spacial score (nSPS) is 18.4. The van der Waals surface area contributed by atoms with Crippen molar-refractivity contribution >= 4 is 17.3 Å². The van der Waals surface area contributed by atoms with Crippen LogP contribution in [0.25, 0.3) is 0 Å². The van der Waals surface area contributed by atoms with Gasteiger partial charge in [0.1, 0.15) is 0 Å². The predicted octanol–water partition coefficient (Wildman–Crippen LogP) is 4.64. The molecule has 0 radical (unpaired) electrons. The van der Waals surface area contributed by atoms with E-state index in [0.717, 1.165) is 0 Å². The lowest BCUT2D eigenvalue weighted by molar-refractivity contribution is 0.153. The molecule has 2 rings (SSSR count). The Morgan fingerprint density at radius 3 is 2.63 bits per heavy atom. The minimum Gasteiger partial charge on any atom is -0.398 e. The smallest absolute Gasteiger partial charge is 0.0638 e. The molecule has 1 atom stereocenters. The van der Waals surface area contributed by atoms with Gasteiger partial charge in [-0.05, 0) is 50.0 Å². The van der Waals surface area contributed by atoms with Crippen LogP contribution in [0.1, 0.15) is 57.1 Å².